The van der Waals surface area contributed by atoms with Crippen LogP contribution in [0.15, 0.2) is 18.1 Å². The van der Waals surface area contributed by atoms with Crippen molar-refractivity contribution in [3.8, 4) is 0 Å². The average Bonchev–Trinajstić information content (AvgIpc) is 1.87. The monoisotopic (exact) mass is 140 g/mol. The summed E-state index contributed by atoms with van der Waals surface area (Å²) in [6.07, 6.45) is 1.13. The molecule has 2 nitrogen and oxygen atoms in total. The third kappa shape index (κ3) is 5.26. The third-order valence-electron chi connectivity index (χ3n) is 1.23. The van der Waals surface area contributed by atoms with E-state index in [1.54, 1.807) is 0 Å². The molecule has 0 aliphatic carbocycles. The van der Waals surface area contributed by atoms with E-state index in [1.807, 2.05) is 0 Å². The second-order valence-corrected chi connectivity index (χ2v) is 2.70. The lowest BCUT2D eigenvalue weighted by Gasteiger charge is -2.05. The summed E-state index contributed by atoms with van der Waals surface area (Å²) in [5.74, 6) is 1.26. The van der Waals surface area contributed by atoms with Gasteiger partial charge in [-0.15, -0.1) is 0 Å². The predicted molar refractivity (Wildman–Crippen MR) is 44.3 cm³/mol. The van der Waals surface area contributed by atoms with Crippen LogP contribution in [-0.4, -0.2) is 6.54 Å². The van der Waals surface area contributed by atoms with Crippen LogP contribution in [0.2, 0.25) is 0 Å². The average molecular weight is 140 g/mol. The minimum atomic E-state index is 0.542. The number of hydrogen-bond donors (Lipinski definition) is 2. The van der Waals surface area contributed by atoms with E-state index in [0.29, 0.717) is 11.7 Å². The highest BCUT2D eigenvalue weighted by Gasteiger charge is 1.91. The summed E-state index contributed by atoms with van der Waals surface area (Å²) in [5, 5.41) is 2.98. The molecule has 0 rings (SSSR count). The summed E-state index contributed by atoms with van der Waals surface area (Å²) in [4.78, 5) is 0. The first kappa shape index (κ1) is 9.12. The van der Waals surface area contributed by atoms with E-state index >= 15 is 0 Å². The summed E-state index contributed by atoms with van der Waals surface area (Å²) in [6.45, 7) is 8.67. The maximum Gasteiger partial charge on any atom is 0.140 e. The number of nitrogens with one attached hydrogen (secondary N) is 1. The fraction of sp³-hybridized carbons (Fsp3) is 0.625. The topological polar surface area (TPSA) is 38.0 Å². The van der Waals surface area contributed by atoms with Gasteiger partial charge < -0.3 is 11.1 Å². The van der Waals surface area contributed by atoms with Gasteiger partial charge in [-0.3, -0.25) is 0 Å². The molecule has 10 heavy (non-hydrogen) atoms. The molecule has 0 saturated heterocycles. The summed E-state index contributed by atoms with van der Waals surface area (Å²) in [6, 6.07) is 0. The molecule has 0 spiro atoms. The number of rotatable bonds is 4. The van der Waals surface area contributed by atoms with Gasteiger partial charge in [0, 0.05) is 6.54 Å². The van der Waals surface area contributed by atoms with Crippen LogP contribution in [0.3, 0.4) is 0 Å². The van der Waals surface area contributed by atoms with Gasteiger partial charge in [0.05, 0.1) is 0 Å². The van der Waals surface area contributed by atoms with Gasteiger partial charge in [0.1, 0.15) is 5.82 Å². The summed E-state index contributed by atoms with van der Waals surface area (Å²) < 4.78 is 0. The molecule has 0 bridgehead atoms. The van der Waals surface area contributed by atoms with Gasteiger partial charge in [-0.1, -0.05) is 26.2 Å². The van der Waals surface area contributed by atoms with Crippen molar-refractivity contribution in [2.75, 3.05) is 6.54 Å². The zero-order chi connectivity index (χ0) is 7.98. The van der Waals surface area contributed by atoms with Gasteiger partial charge in [-0.25, -0.2) is 0 Å². The Morgan fingerprint density at radius 2 is 2.30 bits per heavy atom. The minimum Gasteiger partial charge on any atom is -0.379 e. The van der Waals surface area contributed by atoms with Crippen molar-refractivity contribution in [3.63, 3.8) is 0 Å². The Balaban J connectivity index is 3.29. The highest BCUT2D eigenvalue weighted by Crippen LogP contribution is 1.96. The van der Waals surface area contributed by atoms with Crippen molar-refractivity contribution >= 4 is 0 Å². The summed E-state index contributed by atoms with van der Waals surface area (Å²) >= 11 is 0. The van der Waals surface area contributed by atoms with E-state index in [9.17, 15) is 0 Å². The zero-order valence-corrected chi connectivity index (χ0v) is 6.78. The molecule has 0 saturated carbocycles. The predicted octanol–water partition coefficient (Wildman–Crippen LogP) is 1.21. The van der Waals surface area contributed by atoms with Gasteiger partial charge in [-0.05, 0) is 12.3 Å². The fourth-order valence-corrected chi connectivity index (χ4v) is 0.558. The van der Waals surface area contributed by atoms with Gasteiger partial charge >= 0.3 is 0 Å². The van der Waals surface area contributed by atoms with Crippen molar-refractivity contribution in [2.24, 2.45) is 11.7 Å². The molecule has 0 heterocycles. The van der Waals surface area contributed by atoms with Crippen LogP contribution in [0.5, 0.6) is 0 Å². The first-order valence-corrected chi connectivity index (χ1v) is 3.56. The van der Waals surface area contributed by atoms with Gasteiger partial charge in [0.15, 0.2) is 0 Å². The van der Waals surface area contributed by atoms with Crippen LogP contribution >= 0.6 is 0 Å². The molecule has 0 aromatic carbocycles. The van der Waals surface area contributed by atoms with Crippen molar-refractivity contribution in [1.82, 2.24) is 5.32 Å². The van der Waals surface area contributed by atoms with E-state index in [0.717, 1.165) is 13.0 Å². The Bertz CT molecular complexity index is 132. The van der Waals surface area contributed by atoms with Crippen LogP contribution in [-0.2, 0) is 0 Å². The van der Waals surface area contributed by atoms with Crippen molar-refractivity contribution in [2.45, 2.75) is 20.3 Å². The SMILES string of the molecule is C=C=C(N)NCCC(C)C. The smallest absolute Gasteiger partial charge is 0.140 e. The highest BCUT2D eigenvalue weighted by molar-refractivity contribution is 4.88. The molecule has 0 unspecified atom stereocenters. The van der Waals surface area contributed by atoms with Gasteiger partial charge in [-0.2, -0.15) is 0 Å². The molecular formula is C8H16N2. The number of hydrogen-bond acceptors (Lipinski definition) is 2. The van der Waals surface area contributed by atoms with E-state index in [-0.39, 0.29) is 0 Å². The zero-order valence-electron chi connectivity index (χ0n) is 6.78. The Morgan fingerprint density at radius 1 is 1.70 bits per heavy atom. The van der Waals surface area contributed by atoms with E-state index in [1.165, 1.54) is 0 Å². The second kappa shape index (κ2) is 4.95. The van der Waals surface area contributed by atoms with E-state index in [4.69, 9.17) is 5.73 Å². The maximum absolute atomic E-state index is 5.39. The van der Waals surface area contributed by atoms with Crippen molar-refractivity contribution in [1.29, 1.82) is 0 Å². The normalized spacial score (nSPS) is 9.10. The molecule has 0 aromatic rings. The standard InChI is InChI=1S/C8H16N2/c1-4-8(9)10-6-5-7(2)3/h7,10H,1,5-6,9H2,2-3H3. The first-order valence-electron chi connectivity index (χ1n) is 3.56. The summed E-state index contributed by atoms with van der Waals surface area (Å²) in [5.41, 5.74) is 7.96. The Kier molecular flexibility index (Phi) is 4.51. The molecule has 0 amide bonds. The molecule has 0 atom stereocenters. The second-order valence-electron chi connectivity index (χ2n) is 2.70. The molecule has 0 aliphatic heterocycles. The van der Waals surface area contributed by atoms with Crippen LogP contribution in [0.25, 0.3) is 0 Å². The van der Waals surface area contributed by atoms with Crippen LogP contribution in [0, 0.1) is 5.92 Å². The van der Waals surface area contributed by atoms with Gasteiger partial charge in [0.2, 0.25) is 0 Å². The maximum atomic E-state index is 5.39. The Morgan fingerprint density at radius 3 is 2.70 bits per heavy atom. The lowest BCUT2D eigenvalue weighted by atomic mass is 10.1. The molecule has 58 valence electrons. The van der Waals surface area contributed by atoms with Gasteiger partial charge in [0.25, 0.3) is 0 Å². The van der Waals surface area contributed by atoms with Crippen molar-refractivity contribution < 1.29 is 0 Å². The highest BCUT2D eigenvalue weighted by atomic mass is 15.0. The van der Waals surface area contributed by atoms with Crippen molar-refractivity contribution in [3.05, 3.63) is 18.1 Å². The largest absolute Gasteiger partial charge is 0.379 e. The lowest BCUT2D eigenvalue weighted by molar-refractivity contribution is 0.562. The third-order valence-corrected chi connectivity index (χ3v) is 1.23. The molecular weight excluding hydrogens is 124 g/mol. The fourth-order valence-electron chi connectivity index (χ4n) is 0.558. The quantitative estimate of drug-likeness (QED) is 0.576. The molecule has 0 radical (unpaired) electrons. The van der Waals surface area contributed by atoms with Crippen LogP contribution in [0.4, 0.5) is 0 Å². The lowest BCUT2D eigenvalue weighted by Crippen LogP contribution is -2.21. The molecule has 0 aromatic heterocycles. The molecule has 2 heteroatoms. The molecule has 3 N–H and O–H groups in total. The van der Waals surface area contributed by atoms with E-state index < -0.39 is 0 Å². The van der Waals surface area contributed by atoms with Crippen LogP contribution < -0.4 is 11.1 Å². The number of nitrogens with two attached hydrogens (primary N) is 1. The van der Waals surface area contributed by atoms with Crippen LogP contribution in [0.1, 0.15) is 20.3 Å². The summed E-state index contributed by atoms with van der Waals surface area (Å²) in [7, 11) is 0. The minimum absolute atomic E-state index is 0.542. The Hall–Kier alpha value is -0.880. The van der Waals surface area contributed by atoms with E-state index in [2.05, 4.69) is 31.5 Å². The first-order chi connectivity index (χ1) is 4.66. The molecule has 0 aliphatic rings. The molecule has 0 fully saturated rings. The Labute approximate surface area is 62.8 Å².